The van der Waals surface area contributed by atoms with Gasteiger partial charge >= 0.3 is 0 Å². The average molecular weight is 113 g/mol. The molecule has 0 radical (unpaired) electrons. The van der Waals surface area contributed by atoms with Crippen LogP contribution in [0.5, 0.6) is 0 Å². The second kappa shape index (κ2) is 85.6. The fraction of sp³-hybridized carbons (Fsp3) is 0.333. The minimum absolute atomic E-state index is 0. The molecule has 2 nitrogen and oxygen atoms in total. The molecule has 0 unspecified atom stereocenters. The van der Waals surface area contributed by atoms with Crippen molar-refractivity contribution in [1.82, 2.24) is 12.3 Å². The predicted molar refractivity (Wildman–Crippen MR) is 33.2 cm³/mol. The van der Waals surface area contributed by atoms with Crippen molar-refractivity contribution in [3.63, 3.8) is 0 Å². The summed E-state index contributed by atoms with van der Waals surface area (Å²) in [7, 11) is 0. The number of halogens is 1. The van der Waals surface area contributed by atoms with Gasteiger partial charge in [-0.1, -0.05) is 6.08 Å². The first-order valence-corrected chi connectivity index (χ1v) is 0.986. The maximum Gasteiger partial charge on any atom is -0.0473 e. The maximum atomic E-state index is 3.36. The Morgan fingerprint density at radius 1 is 1.33 bits per heavy atom. The van der Waals surface area contributed by atoms with E-state index in [0.29, 0.717) is 0 Å². The third-order valence-corrected chi connectivity index (χ3v) is 0. The monoisotopic (exact) mass is 112 g/mol. The highest BCUT2D eigenvalue weighted by molar-refractivity contribution is 5.85. The molecule has 0 heterocycles. The summed E-state index contributed by atoms with van der Waals surface area (Å²) in [4.78, 5) is 0. The predicted octanol–water partition coefficient (Wildman–Crippen LogP) is 1.94. The van der Waals surface area contributed by atoms with E-state index in [1.807, 2.05) is 6.92 Å². The number of rotatable bonds is 0. The maximum absolute atomic E-state index is 3.36. The summed E-state index contributed by atoms with van der Waals surface area (Å²) in [5.41, 5.74) is 0. The molecule has 0 saturated heterocycles. The van der Waals surface area contributed by atoms with E-state index in [1.165, 1.54) is 0 Å². The van der Waals surface area contributed by atoms with Crippen LogP contribution in [0.15, 0.2) is 12.7 Å². The molecule has 0 aliphatic heterocycles. The molecular formula is C3H13ClN2. The van der Waals surface area contributed by atoms with Crippen molar-refractivity contribution in [1.29, 1.82) is 0 Å². The number of allylic oxidation sites excluding steroid dienone is 1. The molecule has 0 rings (SSSR count). The van der Waals surface area contributed by atoms with Crippen LogP contribution >= 0.6 is 12.4 Å². The van der Waals surface area contributed by atoms with Crippen LogP contribution in [0.25, 0.3) is 0 Å². The Bertz CT molecular complexity index is 16.3. The Kier molecular flexibility index (Phi) is 547. The van der Waals surface area contributed by atoms with Crippen molar-refractivity contribution < 1.29 is 0 Å². The van der Waals surface area contributed by atoms with Crippen LogP contribution in [-0.4, -0.2) is 0 Å². The molecule has 0 aromatic rings. The highest BCUT2D eigenvalue weighted by Gasteiger charge is 1.15. The zero-order valence-electron chi connectivity index (χ0n) is 4.11. The van der Waals surface area contributed by atoms with Gasteiger partial charge in [-0.15, -0.1) is 19.0 Å². The molecule has 0 saturated carbocycles. The molecule has 6 N–H and O–H groups in total. The zero-order valence-corrected chi connectivity index (χ0v) is 4.92. The quantitative estimate of drug-likeness (QED) is 0.470. The molecule has 0 aliphatic rings. The van der Waals surface area contributed by atoms with Crippen LogP contribution in [0, 0.1) is 0 Å². The van der Waals surface area contributed by atoms with Crippen LogP contribution in [0.2, 0.25) is 0 Å². The Labute approximate surface area is 45.2 Å². The zero-order chi connectivity index (χ0) is 2.71. The fourth-order valence-corrected chi connectivity index (χ4v) is 0. The van der Waals surface area contributed by atoms with Crippen molar-refractivity contribution in [3.8, 4) is 0 Å². The lowest BCUT2D eigenvalue weighted by molar-refractivity contribution is 1.80. The molecule has 0 fully saturated rings. The molecular weight excluding hydrogens is 99.5 g/mol. The fourth-order valence-electron chi connectivity index (χ4n) is 0. The van der Waals surface area contributed by atoms with E-state index in [-0.39, 0.29) is 24.7 Å². The minimum Gasteiger partial charge on any atom is -0.344 e. The molecule has 0 spiro atoms. The summed E-state index contributed by atoms with van der Waals surface area (Å²) >= 11 is 0. The minimum atomic E-state index is 0. The van der Waals surface area contributed by atoms with Crippen molar-refractivity contribution in [3.05, 3.63) is 12.7 Å². The summed E-state index contributed by atoms with van der Waals surface area (Å²) < 4.78 is 0. The summed E-state index contributed by atoms with van der Waals surface area (Å²) in [6.07, 6.45) is 1.75. The highest BCUT2D eigenvalue weighted by Crippen LogP contribution is 1.38. The van der Waals surface area contributed by atoms with Gasteiger partial charge in [0.1, 0.15) is 0 Å². The lowest BCUT2D eigenvalue weighted by Gasteiger charge is -1.31. The molecule has 0 bridgehead atoms. The molecule has 0 amide bonds. The third kappa shape index (κ3) is 13700. The summed E-state index contributed by atoms with van der Waals surface area (Å²) in [5, 5.41) is 0. The van der Waals surface area contributed by atoms with Crippen LogP contribution in [0.1, 0.15) is 6.92 Å². The van der Waals surface area contributed by atoms with Crippen molar-refractivity contribution >= 4 is 12.4 Å². The first kappa shape index (κ1) is 38.3. The Balaban J connectivity index is -0.00000000667. The van der Waals surface area contributed by atoms with Gasteiger partial charge in [0.05, 0.1) is 0 Å². The van der Waals surface area contributed by atoms with E-state index in [2.05, 4.69) is 6.58 Å². The van der Waals surface area contributed by atoms with Crippen LogP contribution in [0.4, 0.5) is 0 Å². The van der Waals surface area contributed by atoms with E-state index in [0.717, 1.165) is 0 Å². The Morgan fingerprint density at radius 3 is 1.33 bits per heavy atom. The van der Waals surface area contributed by atoms with Crippen molar-refractivity contribution in [2.45, 2.75) is 6.92 Å². The highest BCUT2D eigenvalue weighted by atomic mass is 35.5. The van der Waals surface area contributed by atoms with Crippen LogP contribution < -0.4 is 12.3 Å². The van der Waals surface area contributed by atoms with Gasteiger partial charge in [0.2, 0.25) is 0 Å². The topological polar surface area (TPSA) is 70.0 Å². The second-order valence-corrected chi connectivity index (χ2v) is 0.408. The average Bonchev–Trinajstić information content (AvgIpc) is 0.918. The first-order valence-electron chi connectivity index (χ1n) is 0.986. The van der Waals surface area contributed by atoms with Gasteiger partial charge < -0.3 is 12.3 Å². The number of hydrogen-bond donors (Lipinski definition) is 2. The Morgan fingerprint density at radius 2 is 1.33 bits per heavy atom. The third-order valence-electron chi connectivity index (χ3n) is 0. The second-order valence-electron chi connectivity index (χ2n) is 0.408. The molecule has 42 valence electrons. The van der Waals surface area contributed by atoms with E-state index >= 15 is 0 Å². The largest absolute Gasteiger partial charge is 0.344 e. The molecule has 6 heavy (non-hydrogen) atoms. The van der Waals surface area contributed by atoms with Crippen LogP contribution in [-0.2, 0) is 0 Å². The molecule has 0 atom stereocenters. The van der Waals surface area contributed by atoms with Gasteiger partial charge in [-0.25, -0.2) is 0 Å². The first-order chi connectivity index (χ1) is 1.41. The van der Waals surface area contributed by atoms with Gasteiger partial charge in [0.15, 0.2) is 0 Å². The van der Waals surface area contributed by atoms with Crippen LogP contribution in [0.3, 0.4) is 0 Å². The molecule has 0 aromatic carbocycles. The van der Waals surface area contributed by atoms with E-state index < -0.39 is 0 Å². The summed E-state index contributed by atoms with van der Waals surface area (Å²) in [5.74, 6) is 0. The smallest absolute Gasteiger partial charge is 0.0473 e. The van der Waals surface area contributed by atoms with E-state index in [9.17, 15) is 0 Å². The summed E-state index contributed by atoms with van der Waals surface area (Å²) in [6.45, 7) is 5.25. The van der Waals surface area contributed by atoms with E-state index in [1.54, 1.807) is 6.08 Å². The SMILES string of the molecule is C=CC.Cl.N.N. The van der Waals surface area contributed by atoms with Gasteiger partial charge in [0, 0.05) is 0 Å². The summed E-state index contributed by atoms with van der Waals surface area (Å²) in [6, 6.07) is 0. The molecule has 3 heteroatoms. The lowest BCUT2D eigenvalue weighted by atomic mass is 10.8. The van der Waals surface area contributed by atoms with Gasteiger partial charge in [-0.3, -0.25) is 0 Å². The van der Waals surface area contributed by atoms with Crippen molar-refractivity contribution in [2.24, 2.45) is 0 Å². The lowest BCUT2D eigenvalue weighted by Crippen LogP contribution is -1.07. The van der Waals surface area contributed by atoms with Crippen molar-refractivity contribution in [2.75, 3.05) is 0 Å². The number of hydrogen-bond acceptors (Lipinski definition) is 2. The van der Waals surface area contributed by atoms with E-state index in [4.69, 9.17) is 0 Å². The molecule has 0 aromatic heterocycles. The van der Waals surface area contributed by atoms with Gasteiger partial charge in [-0.05, 0) is 6.92 Å². The van der Waals surface area contributed by atoms with Gasteiger partial charge in [0.25, 0.3) is 0 Å². The standard InChI is InChI=1S/C3H6.ClH.2H3N/c1-3-2;;;/h3H,1H2,2H3;1H;2*1H3. The van der Waals surface area contributed by atoms with Gasteiger partial charge in [-0.2, -0.15) is 0 Å². The molecule has 0 aliphatic carbocycles. The normalized spacial score (nSPS) is 2.17. The Hall–Kier alpha value is -0.0500.